The van der Waals surface area contributed by atoms with Crippen molar-refractivity contribution in [3.05, 3.63) is 90.2 Å². The topological polar surface area (TPSA) is 77.0 Å². The molecule has 1 atom stereocenters. The molecule has 0 radical (unpaired) electrons. The number of benzene rings is 3. The molecular formula is C24H20FN5OS2. The van der Waals surface area contributed by atoms with E-state index in [2.05, 4.69) is 22.3 Å². The Morgan fingerprint density at radius 2 is 1.76 bits per heavy atom. The van der Waals surface area contributed by atoms with Crippen molar-refractivity contribution in [3.8, 4) is 11.4 Å². The largest absolute Gasteiger partial charge is 0.335 e. The SMILES string of the molecule is Nn1c(SCC(=O)N2c3ccccc3SCC2c2ccccc2)nnc1-c1ccc(F)cc1. The van der Waals surface area contributed by atoms with Crippen molar-refractivity contribution in [2.75, 3.05) is 22.2 Å². The van der Waals surface area contributed by atoms with Crippen LogP contribution in [-0.2, 0) is 4.79 Å². The fourth-order valence-corrected chi connectivity index (χ4v) is 5.67. The van der Waals surface area contributed by atoms with Crippen LogP contribution in [0.1, 0.15) is 11.6 Å². The molecule has 6 nitrogen and oxygen atoms in total. The van der Waals surface area contributed by atoms with Crippen LogP contribution in [0.5, 0.6) is 0 Å². The summed E-state index contributed by atoms with van der Waals surface area (Å²) in [5.74, 6) is 7.15. The summed E-state index contributed by atoms with van der Waals surface area (Å²) in [4.78, 5) is 16.5. The Hall–Kier alpha value is -3.30. The van der Waals surface area contributed by atoms with E-state index < -0.39 is 0 Å². The third kappa shape index (κ3) is 4.34. The summed E-state index contributed by atoms with van der Waals surface area (Å²) < 4.78 is 14.6. The number of hydrogen-bond donors (Lipinski definition) is 1. The van der Waals surface area contributed by atoms with Gasteiger partial charge in [-0.2, -0.15) is 0 Å². The molecule has 166 valence electrons. The lowest BCUT2D eigenvalue weighted by molar-refractivity contribution is -0.116. The molecule has 0 fully saturated rings. The van der Waals surface area contributed by atoms with Crippen LogP contribution >= 0.6 is 23.5 Å². The molecule has 1 aliphatic rings. The lowest BCUT2D eigenvalue weighted by Crippen LogP contribution is -2.39. The number of thioether (sulfide) groups is 2. The van der Waals surface area contributed by atoms with Gasteiger partial charge in [-0.25, -0.2) is 9.07 Å². The molecule has 33 heavy (non-hydrogen) atoms. The van der Waals surface area contributed by atoms with E-state index >= 15 is 0 Å². The van der Waals surface area contributed by atoms with Gasteiger partial charge in [0, 0.05) is 16.2 Å². The van der Waals surface area contributed by atoms with Gasteiger partial charge in [0.05, 0.1) is 17.5 Å². The van der Waals surface area contributed by atoms with Crippen molar-refractivity contribution in [3.63, 3.8) is 0 Å². The molecule has 4 aromatic rings. The van der Waals surface area contributed by atoms with E-state index in [4.69, 9.17) is 5.84 Å². The Morgan fingerprint density at radius 1 is 1.03 bits per heavy atom. The lowest BCUT2D eigenvalue weighted by atomic mass is 10.1. The van der Waals surface area contributed by atoms with E-state index in [0.29, 0.717) is 16.5 Å². The summed E-state index contributed by atoms with van der Waals surface area (Å²) in [6.45, 7) is 0. The number of carbonyl (C=O) groups is 1. The summed E-state index contributed by atoms with van der Waals surface area (Å²) in [5.41, 5.74) is 2.66. The molecule has 1 aromatic heterocycles. The quantitative estimate of drug-likeness (QED) is 0.330. The Kier molecular flexibility index (Phi) is 6.06. The minimum atomic E-state index is -0.338. The first-order valence-corrected chi connectivity index (χ1v) is 12.3. The van der Waals surface area contributed by atoms with Gasteiger partial charge < -0.3 is 10.7 Å². The van der Waals surface area contributed by atoms with Crippen LogP contribution in [-0.4, -0.2) is 32.3 Å². The van der Waals surface area contributed by atoms with Crippen molar-refractivity contribution in [2.24, 2.45) is 0 Å². The summed E-state index contributed by atoms with van der Waals surface area (Å²) in [6, 6.07) is 23.8. The molecule has 9 heteroatoms. The normalized spacial score (nSPS) is 15.3. The zero-order valence-corrected chi connectivity index (χ0v) is 19.1. The van der Waals surface area contributed by atoms with Crippen molar-refractivity contribution in [2.45, 2.75) is 16.1 Å². The number of hydrogen-bond acceptors (Lipinski definition) is 6. The third-order valence-electron chi connectivity index (χ3n) is 5.38. The number of anilines is 1. The number of aromatic nitrogens is 3. The smallest absolute Gasteiger partial charge is 0.238 e. The van der Waals surface area contributed by atoms with Gasteiger partial charge in [0.1, 0.15) is 5.82 Å². The van der Waals surface area contributed by atoms with Crippen LogP contribution in [0.15, 0.2) is 88.9 Å². The number of para-hydroxylation sites is 1. The van der Waals surface area contributed by atoms with Crippen LogP contribution in [0.4, 0.5) is 10.1 Å². The number of amides is 1. The van der Waals surface area contributed by atoms with Gasteiger partial charge in [-0.15, -0.1) is 22.0 Å². The molecule has 0 spiro atoms. The summed E-state index contributed by atoms with van der Waals surface area (Å²) in [5, 5.41) is 8.67. The molecule has 0 saturated heterocycles. The minimum absolute atomic E-state index is 0.0343. The standard InChI is InChI=1S/C24H20FN5OS2/c25-18-12-10-17(11-13-18)23-27-28-24(30(23)26)33-15-22(31)29-19-8-4-5-9-21(19)32-14-20(29)16-6-2-1-3-7-16/h1-13,20H,14-15,26H2. The summed E-state index contributed by atoms with van der Waals surface area (Å²) in [7, 11) is 0. The number of nitrogen functional groups attached to an aromatic ring is 1. The highest BCUT2D eigenvalue weighted by molar-refractivity contribution is 8.00. The van der Waals surface area contributed by atoms with Crippen LogP contribution < -0.4 is 10.7 Å². The van der Waals surface area contributed by atoms with Crippen LogP contribution in [0, 0.1) is 5.82 Å². The predicted octanol–water partition coefficient (Wildman–Crippen LogP) is 4.77. The second kappa shape index (κ2) is 9.29. The maximum absolute atomic E-state index is 13.5. The van der Waals surface area contributed by atoms with E-state index in [1.165, 1.54) is 28.6 Å². The summed E-state index contributed by atoms with van der Waals surface area (Å²) in [6.07, 6.45) is 0. The number of fused-ring (bicyclic) bond motifs is 1. The average Bonchev–Trinajstić information content (AvgIpc) is 3.23. The Labute approximate surface area is 199 Å². The second-order valence-corrected chi connectivity index (χ2v) is 9.45. The van der Waals surface area contributed by atoms with Gasteiger partial charge in [0.2, 0.25) is 11.1 Å². The maximum atomic E-state index is 13.5. The summed E-state index contributed by atoms with van der Waals surface area (Å²) >= 11 is 2.99. The molecule has 2 heterocycles. The maximum Gasteiger partial charge on any atom is 0.238 e. The lowest BCUT2D eigenvalue weighted by Gasteiger charge is -2.37. The van der Waals surface area contributed by atoms with Crippen molar-refractivity contribution < 1.29 is 9.18 Å². The highest BCUT2D eigenvalue weighted by atomic mass is 32.2. The number of rotatable bonds is 5. The highest BCUT2D eigenvalue weighted by Gasteiger charge is 2.32. The molecule has 0 aliphatic carbocycles. The number of carbonyl (C=O) groups excluding carboxylic acids is 1. The van der Waals surface area contributed by atoms with E-state index in [-0.39, 0.29) is 23.5 Å². The van der Waals surface area contributed by atoms with Gasteiger partial charge in [0.15, 0.2) is 5.82 Å². The van der Waals surface area contributed by atoms with Crippen molar-refractivity contribution in [1.82, 2.24) is 14.9 Å². The third-order valence-corrected chi connectivity index (χ3v) is 7.44. The highest BCUT2D eigenvalue weighted by Crippen LogP contribution is 2.43. The molecule has 1 amide bonds. The zero-order chi connectivity index (χ0) is 22.8. The van der Waals surface area contributed by atoms with E-state index in [0.717, 1.165) is 21.9 Å². The van der Waals surface area contributed by atoms with Gasteiger partial charge in [-0.1, -0.05) is 54.2 Å². The fourth-order valence-electron chi connectivity index (χ4n) is 3.79. The Morgan fingerprint density at radius 3 is 2.55 bits per heavy atom. The van der Waals surface area contributed by atoms with E-state index in [1.54, 1.807) is 23.9 Å². The average molecular weight is 478 g/mol. The Balaban J connectivity index is 1.39. The molecular weight excluding hydrogens is 457 g/mol. The first-order chi connectivity index (χ1) is 16.1. The Bertz CT molecular complexity index is 1280. The number of halogens is 1. The molecule has 3 aromatic carbocycles. The fraction of sp³-hybridized carbons (Fsp3) is 0.125. The number of nitrogens with two attached hydrogens (primary N) is 1. The first kappa shape index (κ1) is 21.5. The minimum Gasteiger partial charge on any atom is -0.335 e. The number of nitrogens with zero attached hydrogens (tertiary/aromatic N) is 4. The molecule has 0 saturated carbocycles. The molecule has 0 bridgehead atoms. The van der Waals surface area contributed by atoms with Crippen LogP contribution in [0.3, 0.4) is 0 Å². The van der Waals surface area contributed by atoms with Gasteiger partial charge >= 0.3 is 0 Å². The van der Waals surface area contributed by atoms with Crippen molar-refractivity contribution in [1.29, 1.82) is 0 Å². The van der Waals surface area contributed by atoms with Crippen molar-refractivity contribution >= 4 is 35.1 Å². The zero-order valence-electron chi connectivity index (χ0n) is 17.5. The van der Waals surface area contributed by atoms with E-state index in [9.17, 15) is 9.18 Å². The first-order valence-electron chi connectivity index (χ1n) is 10.3. The predicted molar refractivity (Wildman–Crippen MR) is 130 cm³/mol. The van der Waals surface area contributed by atoms with Gasteiger partial charge in [-0.05, 0) is 42.0 Å². The monoisotopic (exact) mass is 477 g/mol. The molecule has 2 N–H and O–H groups in total. The van der Waals surface area contributed by atoms with Crippen LogP contribution in [0.2, 0.25) is 0 Å². The molecule has 1 unspecified atom stereocenters. The second-order valence-electron chi connectivity index (χ2n) is 7.44. The van der Waals surface area contributed by atoms with Crippen LogP contribution in [0.25, 0.3) is 11.4 Å². The molecule has 1 aliphatic heterocycles. The van der Waals surface area contributed by atoms with E-state index in [1.807, 2.05) is 47.4 Å². The van der Waals surface area contributed by atoms with Gasteiger partial charge in [-0.3, -0.25) is 4.79 Å². The van der Waals surface area contributed by atoms with Gasteiger partial charge in [0.25, 0.3) is 0 Å². The molecule has 5 rings (SSSR count).